The number of anilines is 2. The van der Waals surface area contributed by atoms with Crippen LogP contribution in [0.2, 0.25) is 15.1 Å². The number of nitrogens with one attached hydrogen (secondary N) is 3. The monoisotopic (exact) mass is 609 g/mol. The summed E-state index contributed by atoms with van der Waals surface area (Å²) in [6.07, 6.45) is 1.46. The van der Waals surface area contributed by atoms with Crippen molar-refractivity contribution in [2.45, 2.75) is 4.90 Å². The smallest absolute Gasteiger partial charge is 0.272 e. The number of para-hydroxylation sites is 1. The van der Waals surface area contributed by atoms with Crippen molar-refractivity contribution in [2.24, 2.45) is 0 Å². The molecule has 4 aromatic carbocycles. The lowest BCUT2D eigenvalue weighted by Crippen LogP contribution is -2.30. The fourth-order valence-electron chi connectivity index (χ4n) is 3.49. The Labute approximate surface area is 250 Å². The fraction of sp³-hybridized carbons (Fsp3) is 0.0333. The molecule has 3 N–H and O–H groups in total. The van der Waals surface area contributed by atoms with E-state index < -0.39 is 11.8 Å². The van der Waals surface area contributed by atoms with Crippen LogP contribution >= 0.6 is 46.6 Å². The van der Waals surface area contributed by atoms with Crippen molar-refractivity contribution < 1.29 is 14.4 Å². The standard InChI is InChI=1S/C30H22Cl3N3O3S/c31-23-13-4-5-15-25(23)35-27(37)18-40-22-12-7-11-21(17-22)34-30(39)26(16-20-10-6-14-24(32)28(20)33)36-29(38)19-8-2-1-3-9-19/h1-17H,18H2,(H,34,39)(H,35,37)(H,36,38)/b26-16+. The van der Waals surface area contributed by atoms with Crippen LogP contribution in [0.1, 0.15) is 15.9 Å². The summed E-state index contributed by atoms with van der Waals surface area (Å²) in [5.74, 6) is -1.12. The number of carbonyl (C=O) groups is 3. The molecule has 40 heavy (non-hydrogen) atoms. The van der Waals surface area contributed by atoms with E-state index in [9.17, 15) is 14.4 Å². The minimum atomic E-state index is -0.570. The van der Waals surface area contributed by atoms with Gasteiger partial charge in [0.05, 0.1) is 26.5 Å². The molecule has 0 aliphatic heterocycles. The number of carbonyl (C=O) groups excluding carboxylic acids is 3. The van der Waals surface area contributed by atoms with E-state index in [1.165, 1.54) is 17.8 Å². The minimum Gasteiger partial charge on any atom is -0.324 e. The van der Waals surface area contributed by atoms with E-state index in [1.807, 2.05) is 6.07 Å². The maximum Gasteiger partial charge on any atom is 0.272 e. The molecule has 0 saturated heterocycles. The molecule has 0 spiro atoms. The topological polar surface area (TPSA) is 87.3 Å². The van der Waals surface area contributed by atoms with Gasteiger partial charge in [-0.15, -0.1) is 11.8 Å². The van der Waals surface area contributed by atoms with Gasteiger partial charge in [0, 0.05) is 16.1 Å². The van der Waals surface area contributed by atoms with Gasteiger partial charge in [0.25, 0.3) is 11.8 Å². The SMILES string of the molecule is O=C(CSc1cccc(NC(=O)/C(=C\c2cccc(Cl)c2Cl)NC(=O)c2ccccc2)c1)Nc1ccccc1Cl. The van der Waals surface area contributed by atoms with E-state index in [-0.39, 0.29) is 22.4 Å². The number of amides is 3. The van der Waals surface area contributed by atoms with Gasteiger partial charge in [0.2, 0.25) is 5.91 Å². The Hall–Kier alpha value is -3.75. The summed E-state index contributed by atoms with van der Waals surface area (Å²) in [4.78, 5) is 39.4. The number of benzene rings is 4. The quantitative estimate of drug-likeness (QED) is 0.133. The Bertz CT molecular complexity index is 1580. The largest absolute Gasteiger partial charge is 0.324 e. The van der Waals surface area contributed by atoms with Gasteiger partial charge in [-0.2, -0.15) is 0 Å². The molecule has 0 fully saturated rings. The first-order valence-corrected chi connectivity index (χ1v) is 14.0. The molecule has 0 radical (unpaired) electrons. The van der Waals surface area contributed by atoms with Crippen LogP contribution in [0.4, 0.5) is 11.4 Å². The summed E-state index contributed by atoms with van der Waals surface area (Å²) < 4.78 is 0. The maximum atomic E-state index is 13.3. The molecule has 6 nitrogen and oxygen atoms in total. The second-order valence-electron chi connectivity index (χ2n) is 8.32. The van der Waals surface area contributed by atoms with Crippen LogP contribution in [-0.4, -0.2) is 23.5 Å². The zero-order chi connectivity index (χ0) is 28.5. The highest BCUT2D eigenvalue weighted by Crippen LogP contribution is 2.28. The summed E-state index contributed by atoms with van der Waals surface area (Å²) >= 11 is 19.9. The third-order valence-corrected chi connectivity index (χ3v) is 7.58. The minimum absolute atomic E-state index is 0.0322. The van der Waals surface area contributed by atoms with Crippen LogP contribution in [0, 0.1) is 0 Å². The molecule has 0 unspecified atom stereocenters. The number of thioether (sulfide) groups is 1. The Balaban J connectivity index is 1.48. The van der Waals surface area contributed by atoms with Gasteiger partial charge in [-0.3, -0.25) is 14.4 Å². The van der Waals surface area contributed by atoms with Crippen LogP contribution in [0.3, 0.4) is 0 Å². The van der Waals surface area contributed by atoms with Gasteiger partial charge in [-0.25, -0.2) is 0 Å². The summed E-state index contributed by atoms with van der Waals surface area (Å²) in [6.45, 7) is 0. The van der Waals surface area contributed by atoms with Crippen LogP contribution in [0.25, 0.3) is 6.08 Å². The Morgan fingerprint density at radius 2 is 1.45 bits per heavy atom. The van der Waals surface area contributed by atoms with E-state index in [2.05, 4.69) is 16.0 Å². The normalized spacial score (nSPS) is 11.0. The highest BCUT2D eigenvalue weighted by molar-refractivity contribution is 8.00. The zero-order valence-electron chi connectivity index (χ0n) is 20.8. The number of hydrogen-bond acceptors (Lipinski definition) is 4. The third-order valence-electron chi connectivity index (χ3n) is 5.42. The molecule has 4 rings (SSSR count). The number of hydrogen-bond donors (Lipinski definition) is 3. The second-order valence-corrected chi connectivity index (χ2v) is 10.6. The molecule has 0 bridgehead atoms. The molecule has 4 aromatic rings. The van der Waals surface area contributed by atoms with Crippen molar-refractivity contribution in [3.63, 3.8) is 0 Å². The van der Waals surface area contributed by atoms with Crippen molar-refractivity contribution in [3.8, 4) is 0 Å². The van der Waals surface area contributed by atoms with Crippen molar-refractivity contribution in [2.75, 3.05) is 16.4 Å². The first kappa shape index (κ1) is 29.2. The third kappa shape index (κ3) is 8.13. The molecule has 0 aliphatic carbocycles. The average molecular weight is 611 g/mol. The molecule has 0 atom stereocenters. The summed E-state index contributed by atoms with van der Waals surface area (Å²) in [7, 11) is 0. The van der Waals surface area contributed by atoms with E-state index >= 15 is 0 Å². The molecular weight excluding hydrogens is 589 g/mol. The van der Waals surface area contributed by atoms with Crippen molar-refractivity contribution in [1.29, 1.82) is 0 Å². The van der Waals surface area contributed by atoms with E-state index in [4.69, 9.17) is 34.8 Å². The molecule has 10 heteroatoms. The lowest BCUT2D eigenvalue weighted by Gasteiger charge is -2.13. The van der Waals surface area contributed by atoms with Gasteiger partial charge in [-0.05, 0) is 60.2 Å². The van der Waals surface area contributed by atoms with Gasteiger partial charge in [0.15, 0.2) is 0 Å². The Morgan fingerprint density at radius 3 is 2.23 bits per heavy atom. The number of rotatable bonds is 9. The van der Waals surface area contributed by atoms with Crippen molar-refractivity contribution >= 4 is 81.7 Å². The molecule has 0 heterocycles. The summed E-state index contributed by atoms with van der Waals surface area (Å²) in [5, 5.41) is 9.26. The maximum absolute atomic E-state index is 13.3. The Kier molecular flexibility index (Phi) is 10.3. The van der Waals surface area contributed by atoms with Gasteiger partial charge in [0.1, 0.15) is 5.70 Å². The highest BCUT2D eigenvalue weighted by Gasteiger charge is 2.17. The summed E-state index contributed by atoms with van der Waals surface area (Å²) in [5.41, 5.74) is 1.81. The first-order valence-electron chi connectivity index (χ1n) is 11.9. The lowest BCUT2D eigenvalue weighted by molar-refractivity contribution is -0.114. The molecule has 0 aromatic heterocycles. The molecule has 0 aliphatic rings. The predicted octanol–water partition coefficient (Wildman–Crippen LogP) is 7.79. The van der Waals surface area contributed by atoms with Crippen LogP contribution in [-0.2, 0) is 9.59 Å². The predicted molar refractivity (Wildman–Crippen MR) is 164 cm³/mol. The van der Waals surface area contributed by atoms with Crippen LogP contribution < -0.4 is 16.0 Å². The van der Waals surface area contributed by atoms with E-state index in [1.54, 1.807) is 91.0 Å². The van der Waals surface area contributed by atoms with Crippen LogP contribution in [0.15, 0.2) is 108 Å². The van der Waals surface area contributed by atoms with Crippen molar-refractivity contribution in [1.82, 2.24) is 5.32 Å². The van der Waals surface area contributed by atoms with Crippen molar-refractivity contribution in [3.05, 3.63) is 129 Å². The first-order chi connectivity index (χ1) is 19.3. The molecule has 0 saturated carbocycles. The second kappa shape index (κ2) is 14.1. The fourth-order valence-corrected chi connectivity index (χ4v) is 4.79. The summed E-state index contributed by atoms with van der Waals surface area (Å²) in [6, 6.07) is 27.5. The van der Waals surface area contributed by atoms with E-state index in [0.717, 1.165) is 4.90 Å². The van der Waals surface area contributed by atoms with Gasteiger partial charge >= 0.3 is 0 Å². The zero-order valence-corrected chi connectivity index (χ0v) is 23.9. The highest BCUT2D eigenvalue weighted by atomic mass is 35.5. The molecule has 202 valence electrons. The lowest BCUT2D eigenvalue weighted by atomic mass is 10.1. The van der Waals surface area contributed by atoms with Gasteiger partial charge in [-0.1, -0.05) is 83.3 Å². The molecular formula is C30H22Cl3N3O3S. The molecule has 3 amide bonds. The Morgan fingerprint density at radius 1 is 0.750 bits per heavy atom. The van der Waals surface area contributed by atoms with E-state index in [0.29, 0.717) is 32.5 Å². The van der Waals surface area contributed by atoms with Gasteiger partial charge < -0.3 is 16.0 Å². The average Bonchev–Trinajstić information content (AvgIpc) is 2.96. The van der Waals surface area contributed by atoms with Crippen LogP contribution in [0.5, 0.6) is 0 Å². The number of halogens is 3.